The SMILES string of the molecule is CC(C)(C)[Si](C)(C)OCCCCC1CC(=C(F)F)[C@@]2(C)CCC3c4ccc(OCc5ccccc5)cc4CCC3C12. The number of rotatable bonds is 9. The van der Waals surface area contributed by atoms with Crippen molar-refractivity contribution in [1.29, 1.82) is 0 Å². The van der Waals surface area contributed by atoms with E-state index in [0.717, 1.165) is 57.3 Å². The molecule has 0 heterocycles. The summed E-state index contributed by atoms with van der Waals surface area (Å²) in [6.07, 6.45) is 6.24. The number of benzene rings is 2. The molecule has 224 valence electrons. The van der Waals surface area contributed by atoms with Gasteiger partial charge in [-0.05, 0) is 121 Å². The van der Waals surface area contributed by atoms with E-state index in [4.69, 9.17) is 9.16 Å². The number of halogens is 2. The van der Waals surface area contributed by atoms with Gasteiger partial charge >= 0.3 is 0 Å². The first kappa shape index (κ1) is 30.5. The third-order valence-corrected chi connectivity index (χ3v) is 15.9. The number of fused-ring (bicyclic) bond motifs is 5. The van der Waals surface area contributed by atoms with Gasteiger partial charge in [-0.25, -0.2) is 0 Å². The van der Waals surface area contributed by atoms with E-state index in [1.165, 1.54) is 16.7 Å². The van der Waals surface area contributed by atoms with Crippen molar-refractivity contribution in [3.8, 4) is 5.75 Å². The lowest BCUT2D eigenvalue weighted by molar-refractivity contribution is 0.0447. The molecule has 0 spiro atoms. The summed E-state index contributed by atoms with van der Waals surface area (Å²) in [7, 11) is -1.75. The molecule has 3 aliphatic carbocycles. The first-order valence-electron chi connectivity index (χ1n) is 15.9. The van der Waals surface area contributed by atoms with Crippen LogP contribution in [0.2, 0.25) is 18.1 Å². The average Bonchev–Trinajstić information content (AvgIpc) is 3.24. The molecule has 2 saturated carbocycles. The second-order valence-corrected chi connectivity index (χ2v) is 19.5. The largest absolute Gasteiger partial charge is 0.489 e. The molecule has 0 aromatic heterocycles. The summed E-state index contributed by atoms with van der Waals surface area (Å²) in [5, 5.41) is 0.210. The molecule has 5 atom stereocenters. The van der Waals surface area contributed by atoms with Crippen LogP contribution in [0.5, 0.6) is 5.75 Å². The molecular weight excluding hydrogens is 530 g/mol. The molecule has 41 heavy (non-hydrogen) atoms. The minimum Gasteiger partial charge on any atom is -0.489 e. The number of unbranched alkanes of at least 4 members (excludes halogenated alkanes) is 1. The second kappa shape index (κ2) is 12.0. The standard InChI is InChI=1S/C36H50F2O2Si/c1-35(2,3)41(5,6)40-21-11-10-14-27-23-32(34(37)38)36(4)20-19-30-29-18-16-28(39-24-25-12-8-7-9-13-25)22-26(29)15-17-31(30)33(27)36/h7-9,12-13,16,18,22,27,30-31,33H,10-11,14-15,17,19-21,23-24H2,1-6H3/t27?,30?,31?,33?,36-/m1/s1. The van der Waals surface area contributed by atoms with Crippen molar-refractivity contribution in [1.82, 2.24) is 0 Å². The van der Waals surface area contributed by atoms with Crippen molar-refractivity contribution in [2.24, 2.45) is 23.2 Å². The summed E-state index contributed by atoms with van der Waals surface area (Å²) in [5.74, 6) is 2.54. The van der Waals surface area contributed by atoms with Gasteiger partial charge in [0.1, 0.15) is 12.4 Å². The lowest BCUT2D eigenvalue weighted by atomic mass is 9.53. The van der Waals surface area contributed by atoms with Crippen LogP contribution in [-0.4, -0.2) is 14.9 Å². The smallest absolute Gasteiger partial charge is 0.270 e. The van der Waals surface area contributed by atoms with E-state index < -0.39 is 14.4 Å². The molecule has 0 N–H and O–H groups in total. The highest BCUT2D eigenvalue weighted by atomic mass is 28.4. The second-order valence-electron chi connectivity index (χ2n) is 14.7. The fourth-order valence-corrected chi connectivity index (χ4v) is 9.20. The summed E-state index contributed by atoms with van der Waals surface area (Å²) in [4.78, 5) is 0. The van der Waals surface area contributed by atoms with E-state index >= 15 is 0 Å². The lowest BCUT2D eigenvalue weighted by Gasteiger charge is -2.51. The molecule has 2 aromatic rings. The number of allylic oxidation sites excluding steroid dienone is 1. The third-order valence-electron chi connectivity index (χ3n) is 11.3. The van der Waals surface area contributed by atoms with Gasteiger partial charge in [0, 0.05) is 12.2 Å². The minimum atomic E-state index is -1.75. The number of hydrogen-bond acceptors (Lipinski definition) is 2. The maximum atomic E-state index is 14.4. The van der Waals surface area contributed by atoms with E-state index in [-0.39, 0.29) is 10.5 Å². The van der Waals surface area contributed by atoms with E-state index in [1.807, 2.05) is 18.2 Å². The highest BCUT2D eigenvalue weighted by Gasteiger charge is 2.57. The van der Waals surface area contributed by atoms with E-state index in [0.29, 0.717) is 42.3 Å². The minimum absolute atomic E-state index is 0.210. The van der Waals surface area contributed by atoms with E-state index in [2.05, 4.69) is 71.1 Å². The van der Waals surface area contributed by atoms with Gasteiger partial charge < -0.3 is 9.16 Å². The van der Waals surface area contributed by atoms with Gasteiger partial charge in [0.2, 0.25) is 0 Å². The fraction of sp³-hybridized carbons (Fsp3) is 0.611. The maximum absolute atomic E-state index is 14.4. The van der Waals surface area contributed by atoms with Crippen molar-refractivity contribution >= 4 is 8.32 Å². The Morgan fingerprint density at radius 3 is 2.49 bits per heavy atom. The van der Waals surface area contributed by atoms with E-state index in [9.17, 15) is 8.78 Å². The highest BCUT2D eigenvalue weighted by molar-refractivity contribution is 6.74. The Kier molecular flexibility index (Phi) is 8.88. The van der Waals surface area contributed by atoms with Gasteiger partial charge in [0.15, 0.2) is 8.32 Å². The average molecular weight is 581 g/mol. The summed E-state index contributed by atoms with van der Waals surface area (Å²) < 4.78 is 41.3. The van der Waals surface area contributed by atoms with Gasteiger partial charge in [-0.2, -0.15) is 8.78 Å². The van der Waals surface area contributed by atoms with Gasteiger partial charge in [-0.1, -0.05) is 70.5 Å². The molecule has 0 aliphatic heterocycles. The number of hydrogen-bond donors (Lipinski definition) is 0. The van der Waals surface area contributed by atoms with Gasteiger partial charge in [0.05, 0.1) is 0 Å². The van der Waals surface area contributed by atoms with Crippen LogP contribution in [0.4, 0.5) is 8.78 Å². The summed E-state index contributed by atoms with van der Waals surface area (Å²) in [5.41, 5.74) is 4.11. The van der Waals surface area contributed by atoms with Crippen LogP contribution < -0.4 is 4.74 Å². The normalized spacial score (nSPS) is 27.7. The Labute approximate surface area is 248 Å². The predicted octanol–water partition coefficient (Wildman–Crippen LogP) is 10.7. The molecule has 0 amide bonds. The van der Waals surface area contributed by atoms with Crippen molar-refractivity contribution in [3.05, 3.63) is 76.9 Å². The van der Waals surface area contributed by atoms with Crippen molar-refractivity contribution < 1.29 is 17.9 Å². The lowest BCUT2D eigenvalue weighted by Crippen LogP contribution is -2.42. The highest BCUT2D eigenvalue weighted by Crippen LogP contribution is 2.66. The predicted molar refractivity (Wildman–Crippen MR) is 167 cm³/mol. The van der Waals surface area contributed by atoms with Crippen molar-refractivity contribution in [2.75, 3.05) is 6.61 Å². The van der Waals surface area contributed by atoms with Crippen LogP contribution in [0.25, 0.3) is 0 Å². The Hall–Kier alpha value is -1.98. The van der Waals surface area contributed by atoms with Crippen molar-refractivity contribution in [3.63, 3.8) is 0 Å². The van der Waals surface area contributed by atoms with Crippen LogP contribution in [0.3, 0.4) is 0 Å². The zero-order valence-electron chi connectivity index (χ0n) is 26.1. The Balaban J connectivity index is 1.27. The molecule has 0 bridgehead atoms. The third kappa shape index (κ3) is 6.22. The molecule has 2 fully saturated rings. The monoisotopic (exact) mass is 580 g/mol. The van der Waals surface area contributed by atoms with Crippen LogP contribution in [-0.2, 0) is 17.5 Å². The van der Waals surface area contributed by atoms with Crippen LogP contribution >= 0.6 is 0 Å². The van der Waals surface area contributed by atoms with Crippen LogP contribution in [0, 0.1) is 23.2 Å². The summed E-state index contributed by atoms with van der Waals surface area (Å²) in [6, 6.07) is 16.9. The van der Waals surface area contributed by atoms with Crippen molar-refractivity contribution in [2.45, 2.75) is 110 Å². The maximum Gasteiger partial charge on any atom is 0.270 e. The molecule has 5 heteroatoms. The topological polar surface area (TPSA) is 18.5 Å². The number of aryl methyl sites for hydroxylation is 1. The molecule has 2 nitrogen and oxygen atoms in total. The van der Waals surface area contributed by atoms with Gasteiger partial charge in [-0.3, -0.25) is 0 Å². The quantitative estimate of drug-likeness (QED) is 0.217. The van der Waals surface area contributed by atoms with Gasteiger partial charge in [0.25, 0.3) is 6.08 Å². The molecule has 3 aliphatic rings. The van der Waals surface area contributed by atoms with E-state index in [1.54, 1.807) is 0 Å². The molecule has 4 unspecified atom stereocenters. The zero-order chi connectivity index (χ0) is 29.4. The Morgan fingerprint density at radius 2 is 1.78 bits per heavy atom. The molecule has 5 rings (SSSR count). The Morgan fingerprint density at radius 1 is 1.02 bits per heavy atom. The molecule has 0 saturated heterocycles. The molecule has 0 radical (unpaired) electrons. The summed E-state index contributed by atoms with van der Waals surface area (Å²) >= 11 is 0. The Bertz CT molecular complexity index is 1230. The fourth-order valence-electron chi connectivity index (χ4n) is 8.11. The molecular formula is C36H50F2O2Si. The first-order chi connectivity index (χ1) is 19.4. The first-order valence-corrected chi connectivity index (χ1v) is 18.8. The van der Waals surface area contributed by atoms with Gasteiger partial charge in [-0.15, -0.1) is 0 Å². The van der Waals surface area contributed by atoms with Crippen LogP contribution in [0.15, 0.2) is 60.2 Å². The number of ether oxygens (including phenoxy) is 1. The molecule has 2 aromatic carbocycles. The zero-order valence-corrected chi connectivity index (χ0v) is 27.1. The summed E-state index contributed by atoms with van der Waals surface area (Å²) in [6.45, 7) is 15.0. The van der Waals surface area contributed by atoms with Crippen LogP contribution in [0.1, 0.15) is 95.2 Å².